The van der Waals surface area contributed by atoms with Crippen molar-refractivity contribution in [3.05, 3.63) is 29.0 Å². The lowest BCUT2D eigenvalue weighted by atomic mass is 10.2. The number of hydrogen-bond donors (Lipinski definition) is 1. The van der Waals surface area contributed by atoms with Crippen molar-refractivity contribution in [1.29, 1.82) is 0 Å². The van der Waals surface area contributed by atoms with Crippen LogP contribution in [-0.4, -0.2) is 26.2 Å². The van der Waals surface area contributed by atoms with E-state index in [-0.39, 0.29) is 6.04 Å². The molecule has 0 radical (unpaired) electrons. The molecular weight excluding hydrogens is 262 g/mol. The van der Waals surface area contributed by atoms with Gasteiger partial charge < -0.3 is 19.4 Å². The smallest absolute Gasteiger partial charge is 0.230 e. The van der Waals surface area contributed by atoms with E-state index >= 15 is 0 Å². The van der Waals surface area contributed by atoms with Gasteiger partial charge in [0.05, 0.1) is 24.3 Å². The molecule has 2 rings (SSSR count). The molecule has 0 fully saturated rings. The maximum atomic E-state index is 5.37. The molecule has 0 aliphatic heterocycles. The van der Waals surface area contributed by atoms with E-state index in [4.69, 9.17) is 9.15 Å². The number of nitrogens with zero attached hydrogens (tertiary/aromatic N) is 2. The van der Waals surface area contributed by atoms with E-state index in [1.54, 1.807) is 24.7 Å². The minimum atomic E-state index is 0.157. The molecular formula is C13H19N3O2S. The summed E-state index contributed by atoms with van der Waals surface area (Å²) in [5, 5.41) is 4.35. The fourth-order valence-corrected chi connectivity index (χ4v) is 2.58. The Labute approximate surface area is 117 Å². The highest BCUT2D eigenvalue weighted by Gasteiger charge is 2.15. The van der Waals surface area contributed by atoms with Gasteiger partial charge in [0.25, 0.3) is 0 Å². The molecule has 2 heterocycles. The molecule has 6 heteroatoms. The summed E-state index contributed by atoms with van der Waals surface area (Å²) in [7, 11) is 5.59. The quantitative estimate of drug-likeness (QED) is 0.882. The fourth-order valence-electron chi connectivity index (χ4n) is 1.67. The molecule has 1 atom stereocenters. The maximum Gasteiger partial charge on any atom is 0.230 e. The Morgan fingerprint density at radius 1 is 1.53 bits per heavy atom. The minimum Gasteiger partial charge on any atom is -0.480 e. The largest absolute Gasteiger partial charge is 0.480 e. The molecule has 0 unspecified atom stereocenters. The van der Waals surface area contributed by atoms with Gasteiger partial charge in [-0.25, -0.2) is 0 Å². The van der Waals surface area contributed by atoms with Crippen molar-refractivity contribution in [2.45, 2.75) is 19.5 Å². The average molecular weight is 281 g/mol. The van der Waals surface area contributed by atoms with Crippen molar-refractivity contribution >= 4 is 16.5 Å². The summed E-state index contributed by atoms with van der Waals surface area (Å²) in [5.74, 6) is 1.61. The van der Waals surface area contributed by atoms with E-state index in [2.05, 4.69) is 17.2 Å². The van der Waals surface area contributed by atoms with Crippen molar-refractivity contribution in [3.63, 3.8) is 0 Å². The zero-order chi connectivity index (χ0) is 13.8. The first-order chi connectivity index (χ1) is 9.11. The summed E-state index contributed by atoms with van der Waals surface area (Å²) in [6.45, 7) is 2.77. The zero-order valence-electron chi connectivity index (χ0n) is 11.6. The Morgan fingerprint density at radius 3 is 2.89 bits per heavy atom. The Balaban J connectivity index is 2.02. The van der Waals surface area contributed by atoms with Crippen molar-refractivity contribution in [1.82, 2.24) is 10.3 Å². The first-order valence-electron chi connectivity index (χ1n) is 6.09. The number of aromatic nitrogens is 1. The van der Waals surface area contributed by atoms with Crippen LogP contribution in [0.4, 0.5) is 5.13 Å². The van der Waals surface area contributed by atoms with Crippen LogP contribution in [0.25, 0.3) is 0 Å². The van der Waals surface area contributed by atoms with Gasteiger partial charge in [-0.3, -0.25) is 0 Å². The van der Waals surface area contributed by atoms with Crippen LogP contribution in [0.3, 0.4) is 0 Å². The fraction of sp³-hybridized carbons (Fsp3) is 0.462. The Kier molecular flexibility index (Phi) is 4.44. The van der Waals surface area contributed by atoms with Gasteiger partial charge in [0.15, 0.2) is 5.13 Å². The van der Waals surface area contributed by atoms with E-state index in [0.29, 0.717) is 12.4 Å². The highest BCUT2D eigenvalue weighted by atomic mass is 32.1. The number of furan rings is 1. The third-order valence-corrected chi connectivity index (χ3v) is 3.97. The topological polar surface area (TPSA) is 50.5 Å². The average Bonchev–Trinajstić information content (AvgIpc) is 3.04. The van der Waals surface area contributed by atoms with Crippen molar-refractivity contribution in [2.75, 3.05) is 26.1 Å². The highest BCUT2D eigenvalue weighted by Crippen LogP contribution is 2.30. The molecule has 0 amide bonds. The van der Waals surface area contributed by atoms with Gasteiger partial charge in [-0.15, -0.1) is 0 Å². The third-order valence-electron chi connectivity index (χ3n) is 2.76. The number of hydrogen-bond acceptors (Lipinski definition) is 6. The molecule has 0 aliphatic carbocycles. The van der Waals surface area contributed by atoms with Gasteiger partial charge >= 0.3 is 0 Å². The number of ether oxygens (including phenoxy) is 1. The summed E-state index contributed by atoms with van der Waals surface area (Å²) in [6, 6.07) is 4.02. The molecule has 0 bridgehead atoms. The molecule has 0 spiro atoms. The van der Waals surface area contributed by atoms with E-state index < -0.39 is 0 Å². The standard InChI is InChI=1S/C13H19N3O2S/c1-9(10-6-5-7-18-10)14-8-11-12(17-4)15-13(19-11)16(2)3/h5-7,9,14H,8H2,1-4H3/t9-/m1/s1. The summed E-state index contributed by atoms with van der Waals surface area (Å²) in [6.07, 6.45) is 1.69. The highest BCUT2D eigenvalue weighted by molar-refractivity contribution is 7.15. The normalized spacial score (nSPS) is 12.4. The molecule has 19 heavy (non-hydrogen) atoms. The van der Waals surface area contributed by atoms with Crippen LogP contribution in [-0.2, 0) is 6.54 Å². The Morgan fingerprint density at radius 2 is 2.32 bits per heavy atom. The zero-order valence-corrected chi connectivity index (χ0v) is 12.5. The van der Waals surface area contributed by atoms with Crippen LogP contribution in [0, 0.1) is 0 Å². The first-order valence-corrected chi connectivity index (χ1v) is 6.91. The maximum absolute atomic E-state index is 5.37. The Hall–Kier alpha value is -1.53. The van der Waals surface area contributed by atoms with E-state index in [0.717, 1.165) is 15.8 Å². The van der Waals surface area contributed by atoms with Gasteiger partial charge in [0.2, 0.25) is 5.88 Å². The van der Waals surface area contributed by atoms with Crippen LogP contribution in [0.1, 0.15) is 23.6 Å². The molecule has 2 aromatic rings. The number of nitrogens with one attached hydrogen (secondary N) is 1. The summed E-state index contributed by atoms with van der Waals surface area (Å²) in [4.78, 5) is 7.49. The van der Waals surface area contributed by atoms with Crippen molar-refractivity contribution in [3.8, 4) is 5.88 Å². The summed E-state index contributed by atoms with van der Waals surface area (Å²) >= 11 is 1.63. The molecule has 2 aromatic heterocycles. The van der Waals surface area contributed by atoms with Gasteiger partial charge in [-0.2, -0.15) is 4.98 Å². The van der Waals surface area contributed by atoms with Crippen LogP contribution >= 0.6 is 11.3 Å². The molecule has 104 valence electrons. The van der Waals surface area contributed by atoms with Gasteiger partial charge in [-0.1, -0.05) is 11.3 Å². The number of anilines is 1. The van der Waals surface area contributed by atoms with Gasteiger partial charge in [0.1, 0.15) is 5.76 Å². The van der Waals surface area contributed by atoms with Crippen molar-refractivity contribution in [2.24, 2.45) is 0 Å². The predicted octanol–water partition coefficient (Wildman–Crippen LogP) is 2.66. The summed E-state index contributed by atoms with van der Waals surface area (Å²) < 4.78 is 10.7. The predicted molar refractivity (Wildman–Crippen MR) is 77.0 cm³/mol. The van der Waals surface area contributed by atoms with Gasteiger partial charge in [0, 0.05) is 20.6 Å². The van der Waals surface area contributed by atoms with E-state index in [9.17, 15) is 0 Å². The van der Waals surface area contributed by atoms with Crippen LogP contribution in [0.2, 0.25) is 0 Å². The monoisotopic (exact) mass is 281 g/mol. The Bertz CT molecular complexity index is 508. The van der Waals surface area contributed by atoms with Crippen LogP contribution in [0.5, 0.6) is 5.88 Å². The molecule has 0 aliphatic rings. The SMILES string of the molecule is COc1nc(N(C)C)sc1CN[C@H](C)c1ccco1. The minimum absolute atomic E-state index is 0.157. The van der Waals surface area contributed by atoms with Crippen LogP contribution in [0.15, 0.2) is 22.8 Å². The number of rotatable bonds is 6. The van der Waals surface area contributed by atoms with Crippen molar-refractivity contribution < 1.29 is 9.15 Å². The lowest BCUT2D eigenvalue weighted by Crippen LogP contribution is -2.17. The second-order valence-electron chi connectivity index (χ2n) is 4.44. The second-order valence-corrected chi connectivity index (χ2v) is 5.50. The first kappa shape index (κ1) is 13.9. The molecule has 0 aromatic carbocycles. The van der Waals surface area contributed by atoms with Crippen LogP contribution < -0.4 is 15.0 Å². The lowest BCUT2D eigenvalue weighted by Gasteiger charge is -2.10. The molecule has 0 saturated carbocycles. The second kappa shape index (κ2) is 6.08. The molecule has 1 N–H and O–H groups in total. The summed E-state index contributed by atoms with van der Waals surface area (Å²) in [5.41, 5.74) is 0. The number of thiazole rings is 1. The molecule has 5 nitrogen and oxygen atoms in total. The lowest BCUT2D eigenvalue weighted by molar-refractivity contribution is 0.389. The van der Waals surface area contributed by atoms with Gasteiger partial charge in [-0.05, 0) is 19.1 Å². The number of methoxy groups -OCH3 is 1. The van der Waals surface area contributed by atoms with E-state index in [1.807, 2.05) is 31.1 Å². The van der Waals surface area contributed by atoms with E-state index in [1.165, 1.54) is 0 Å². The molecule has 0 saturated heterocycles. The third kappa shape index (κ3) is 3.27.